The van der Waals surface area contributed by atoms with Gasteiger partial charge in [-0.15, -0.1) is 0 Å². The van der Waals surface area contributed by atoms with E-state index in [1.165, 1.54) is 0 Å². The Morgan fingerprint density at radius 2 is 1.75 bits per heavy atom. The Hall–Kier alpha value is -2.88. The number of carbonyl (C=O) groups is 1. The van der Waals surface area contributed by atoms with E-state index >= 15 is 0 Å². The second kappa shape index (κ2) is 5.01. The first-order valence-electron chi connectivity index (χ1n) is 6.19. The van der Waals surface area contributed by atoms with Crippen LogP contribution >= 0.6 is 0 Å². The van der Waals surface area contributed by atoms with Crippen molar-refractivity contribution in [2.24, 2.45) is 4.99 Å². The van der Waals surface area contributed by atoms with Crippen molar-refractivity contribution >= 4 is 23.1 Å². The number of rotatable bonds is 2. The lowest BCUT2D eigenvalue weighted by Gasteiger charge is -2.20. The maximum absolute atomic E-state index is 11.0. The fraction of sp³-hybridized carbons (Fsp3) is 0. The molecule has 0 atom stereocenters. The fourth-order valence-corrected chi connectivity index (χ4v) is 2.11. The summed E-state index contributed by atoms with van der Waals surface area (Å²) in [6, 6.07) is 17.1. The predicted molar refractivity (Wildman–Crippen MR) is 78.4 cm³/mol. The first-order chi connectivity index (χ1) is 9.74. The monoisotopic (exact) mass is 264 g/mol. The minimum absolute atomic E-state index is 0.488. The van der Waals surface area contributed by atoms with Gasteiger partial charge in [0, 0.05) is 11.6 Å². The maximum atomic E-state index is 11.0. The van der Waals surface area contributed by atoms with Crippen LogP contribution in [0.2, 0.25) is 0 Å². The van der Waals surface area contributed by atoms with Gasteiger partial charge in [-0.3, -0.25) is 0 Å². The van der Waals surface area contributed by atoms with E-state index in [1.54, 1.807) is 0 Å². The van der Waals surface area contributed by atoms with E-state index in [9.17, 15) is 4.79 Å². The van der Waals surface area contributed by atoms with Crippen molar-refractivity contribution in [2.45, 2.75) is 0 Å². The summed E-state index contributed by atoms with van der Waals surface area (Å²) in [4.78, 5) is 15.6. The summed E-state index contributed by atoms with van der Waals surface area (Å²) in [7, 11) is 0. The fourth-order valence-electron chi connectivity index (χ4n) is 2.11. The van der Waals surface area contributed by atoms with Crippen LogP contribution in [0.5, 0.6) is 0 Å². The number of aliphatic carboxylic acids is 1. The summed E-state index contributed by atoms with van der Waals surface area (Å²) in [6.45, 7) is 0. The lowest BCUT2D eigenvalue weighted by atomic mass is 10.0. The van der Waals surface area contributed by atoms with Gasteiger partial charge in [-0.25, -0.2) is 9.79 Å². The third-order valence-electron chi connectivity index (χ3n) is 2.98. The van der Waals surface area contributed by atoms with Crippen molar-refractivity contribution in [3.63, 3.8) is 0 Å². The van der Waals surface area contributed by atoms with E-state index < -0.39 is 5.97 Å². The van der Waals surface area contributed by atoms with Crippen LogP contribution in [-0.4, -0.2) is 16.8 Å². The van der Waals surface area contributed by atoms with E-state index in [1.807, 2.05) is 54.6 Å². The summed E-state index contributed by atoms with van der Waals surface area (Å²) < 4.78 is 0. The number of anilines is 1. The Labute approximate surface area is 116 Å². The Bertz CT molecular complexity index is 718. The minimum Gasteiger partial charge on any atom is -0.478 e. The Balaban J connectivity index is 2.16. The molecule has 0 aliphatic carbocycles. The van der Waals surface area contributed by atoms with Crippen molar-refractivity contribution in [1.29, 1.82) is 0 Å². The van der Waals surface area contributed by atoms with Crippen molar-refractivity contribution < 1.29 is 9.90 Å². The molecule has 0 aromatic heterocycles. The average molecular weight is 264 g/mol. The second-order valence-corrected chi connectivity index (χ2v) is 4.36. The molecular weight excluding hydrogens is 252 g/mol. The maximum Gasteiger partial charge on any atom is 0.330 e. The molecule has 0 saturated carbocycles. The summed E-state index contributed by atoms with van der Waals surface area (Å²) >= 11 is 0. The highest BCUT2D eigenvalue weighted by Crippen LogP contribution is 2.32. The highest BCUT2D eigenvalue weighted by atomic mass is 16.4. The van der Waals surface area contributed by atoms with Gasteiger partial charge in [-0.1, -0.05) is 42.5 Å². The number of hydrogen-bond acceptors (Lipinski definition) is 3. The number of fused-ring (bicyclic) bond motifs is 1. The van der Waals surface area contributed by atoms with Gasteiger partial charge in [0.15, 0.2) is 0 Å². The smallest absolute Gasteiger partial charge is 0.330 e. The zero-order valence-electron chi connectivity index (χ0n) is 10.6. The van der Waals surface area contributed by atoms with Crippen LogP contribution in [0.1, 0.15) is 5.56 Å². The molecule has 0 fully saturated rings. The standard InChI is InChI=1S/C16H12N2O2/c19-15(20)10-14-16(11-6-2-1-3-7-11)18-13-9-5-4-8-12(13)17-14/h1-10,17H,(H,19,20). The topological polar surface area (TPSA) is 61.7 Å². The molecule has 3 rings (SSSR count). The summed E-state index contributed by atoms with van der Waals surface area (Å²) in [5, 5.41) is 12.1. The van der Waals surface area contributed by atoms with E-state index in [0.717, 1.165) is 23.0 Å². The number of carboxylic acid groups (broad SMARTS) is 1. The predicted octanol–water partition coefficient (Wildman–Crippen LogP) is 3.20. The number of benzene rings is 2. The highest BCUT2D eigenvalue weighted by molar-refractivity contribution is 6.19. The molecule has 1 aliphatic rings. The van der Waals surface area contributed by atoms with Gasteiger partial charge in [0.1, 0.15) is 0 Å². The van der Waals surface area contributed by atoms with Crippen LogP contribution in [0.4, 0.5) is 11.4 Å². The molecule has 0 amide bonds. The molecule has 2 N–H and O–H groups in total. The molecule has 1 heterocycles. The molecule has 0 spiro atoms. The minimum atomic E-state index is -1.00. The van der Waals surface area contributed by atoms with Crippen LogP contribution < -0.4 is 5.32 Å². The quantitative estimate of drug-likeness (QED) is 0.819. The van der Waals surface area contributed by atoms with E-state index in [2.05, 4.69) is 10.3 Å². The van der Waals surface area contributed by atoms with Crippen LogP contribution in [-0.2, 0) is 4.79 Å². The molecule has 0 unspecified atom stereocenters. The molecule has 4 nitrogen and oxygen atoms in total. The summed E-state index contributed by atoms with van der Waals surface area (Å²) in [5.41, 5.74) is 3.60. The SMILES string of the molecule is O=C(O)C=C1Nc2ccccc2N=C1c1ccccc1. The Kier molecular flexibility index (Phi) is 3.05. The largest absolute Gasteiger partial charge is 0.478 e. The zero-order chi connectivity index (χ0) is 13.9. The molecule has 0 radical (unpaired) electrons. The van der Waals surface area contributed by atoms with Crippen LogP contribution in [0.25, 0.3) is 0 Å². The second-order valence-electron chi connectivity index (χ2n) is 4.36. The van der Waals surface area contributed by atoms with Gasteiger partial charge in [0.2, 0.25) is 0 Å². The lowest BCUT2D eigenvalue weighted by molar-refractivity contribution is -0.131. The van der Waals surface area contributed by atoms with Crippen molar-refractivity contribution in [3.05, 3.63) is 71.9 Å². The normalized spacial score (nSPS) is 15.2. The van der Waals surface area contributed by atoms with E-state index in [4.69, 9.17) is 5.11 Å². The number of aliphatic imine (C=N–C) groups is 1. The number of nitrogens with one attached hydrogen (secondary N) is 1. The van der Waals surface area contributed by atoms with Crippen molar-refractivity contribution in [2.75, 3.05) is 5.32 Å². The zero-order valence-corrected chi connectivity index (χ0v) is 10.6. The number of hydrogen-bond donors (Lipinski definition) is 2. The Morgan fingerprint density at radius 1 is 1.05 bits per heavy atom. The highest BCUT2D eigenvalue weighted by Gasteiger charge is 2.18. The number of nitrogens with zero attached hydrogens (tertiary/aromatic N) is 1. The van der Waals surface area contributed by atoms with Gasteiger partial charge in [-0.05, 0) is 12.1 Å². The lowest BCUT2D eigenvalue weighted by Crippen LogP contribution is -2.18. The summed E-state index contributed by atoms with van der Waals surface area (Å²) in [6.07, 6.45) is 1.14. The number of carboxylic acids is 1. The molecular formula is C16H12N2O2. The summed E-state index contributed by atoms with van der Waals surface area (Å²) in [5.74, 6) is -1.00. The molecule has 98 valence electrons. The van der Waals surface area contributed by atoms with E-state index in [0.29, 0.717) is 11.4 Å². The molecule has 4 heteroatoms. The van der Waals surface area contributed by atoms with Crippen LogP contribution in [0, 0.1) is 0 Å². The van der Waals surface area contributed by atoms with Crippen molar-refractivity contribution in [1.82, 2.24) is 0 Å². The molecule has 20 heavy (non-hydrogen) atoms. The van der Waals surface area contributed by atoms with Gasteiger partial charge >= 0.3 is 5.97 Å². The number of para-hydroxylation sites is 2. The van der Waals surface area contributed by atoms with Gasteiger partial charge in [0.05, 0.1) is 22.8 Å². The third-order valence-corrected chi connectivity index (χ3v) is 2.98. The molecule has 1 aliphatic heterocycles. The van der Waals surface area contributed by atoms with E-state index in [-0.39, 0.29) is 0 Å². The molecule has 2 aromatic carbocycles. The molecule has 0 bridgehead atoms. The molecule has 0 saturated heterocycles. The first kappa shape index (κ1) is 12.2. The Morgan fingerprint density at radius 3 is 2.50 bits per heavy atom. The van der Waals surface area contributed by atoms with Crippen molar-refractivity contribution in [3.8, 4) is 0 Å². The molecule has 2 aromatic rings. The first-order valence-corrected chi connectivity index (χ1v) is 6.19. The average Bonchev–Trinajstić information content (AvgIpc) is 2.47. The van der Waals surface area contributed by atoms with Gasteiger partial charge in [-0.2, -0.15) is 0 Å². The van der Waals surface area contributed by atoms with Gasteiger partial charge in [0.25, 0.3) is 0 Å². The van der Waals surface area contributed by atoms with Crippen LogP contribution in [0.3, 0.4) is 0 Å². The van der Waals surface area contributed by atoms with Gasteiger partial charge < -0.3 is 10.4 Å². The van der Waals surface area contributed by atoms with Crippen LogP contribution in [0.15, 0.2) is 71.4 Å². The number of allylic oxidation sites excluding steroid dienone is 1. The third kappa shape index (κ3) is 2.31.